The number of carbonyl (C=O) groups is 1. The monoisotopic (exact) mass is 537 g/mol. The van der Waals surface area contributed by atoms with Gasteiger partial charge in [0.15, 0.2) is 0 Å². The van der Waals surface area contributed by atoms with Crippen LogP contribution in [-0.4, -0.2) is 55.8 Å². The number of rotatable bonds is 11. The van der Waals surface area contributed by atoms with E-state index in [9.17, 15) is 24.1 Å². The zero-order chi connectivity index (χ0) is 26.5. The Morgan fingerprint density at radius 2 is 1.92 bits per heavy atom. The predicted octanol–water partition coefficient (Wildman–Crippen LogP) is 4.92. The molecule has 1 aliphatic rings. The maximum absolute atomic E-state index is 11.6. The lowest BCUT2D eigenvalue weighted by Gasteiger charge is -2.42. The number of nitrogens with one attached hydrogen (secondary N) is 2. The fraction of sp³-hybridized carbons (Fsp3) is 0.519. The van der Waals surface area contributed by atoms with Crippen LogP contribution >= 0.6 is 10.6 Å². The number of carboxylic acids is 1. The number of ether oxygens (including phenoxy) is 1. The summed E-state index contributed by atoms with van der Waals surface area (Å²) in [6, 6.07) is 12.0. The molecule has 0 radical (unpaired) electrons. The molecule has 2 aromatic carbocycles. The third kappa shape index (κ3) is 7.02. The topological polar surface area (TPSA) is 166 Å². The third-order valence-electron chi connectivity index (χ3n) is 7.08. The van der Waals surface area contributed by atoms with Crippen LogP contribution in [0.5, 0.6) is 5.75 Å². The highest BCUT2D eigenvalue weighted by Gasteiger charge is 2.42. The van der Waals surface area contributed by atoms with E-state index in [1.165, 1.54) is 14.0 Å². The molecule has 9 nitrogen and oxygen atoms in total. The summed E-state index contributed by atoms with van der Waals surface area (Å²) >= 11 is 0. The summed E-state index contributed by atoms with van der Waals surface area (Å²) in [5.41, 5.74) is 1.87. The summed E-state index contributed by atoms with van der Waals surface area (Å²) in [4.78, 5) is 12.0. The zero-order valence-corrected chi connectivity index (χ0v) is 23.1. The molecule has 208 valence electrons. The maximum atomic E-state index is 11.6. The molecular weight excluding hydrogens is 494 g/mol. The van der Waals surface area contributed by atoms with Crippen molar-refractivity contribution in [1.29, 1.82) is 0 Å². The molecule has 1 heterocycles. The second-order valence-electron chi connectivity index (χ2n) is 9.68. The summed E-state index contributed by atoms with van der Waals surface area (Å²) in [6.45, 7) is 5.69. The first kappa shape index (κ1) is 31.0. The lowest BCUT2D eigenvalue weighted by molar-refractivity contribution is -0.142. The normalized spacial score (nSPS) is 23.1. The molecule has 0 spiro atoms. The molecule has 37 heavy (non-hydrogen) atoms. The van der Waals surface area contributed by atoms with Crippen molar-refractivity contribution in [2.75, 3.05) is 12.9 Å². The van der Waals surface area contributed by atoms with Gasteiger partial charge in [0.2, 0.25) is 0 Å². The van der Waals surface area contributed by atoms with Gasteiger partial charge in [-0.25, -0.2) is 0 Å². The van der Waals surface area contributed by atoms with E-state index < -0.39 is 34.2 Å². The molecule has 0 saturated carbocycles. The van der Waals surface area contributed by atoms with Crippen molar-refractivity contribution >= 4 is 16.6 Å². The van der Waals surface area contributed by atoms with E-state index in [-0.39, 0.29) is 24.5 Å². The average Bonchev–Trinajstić information content (AvgIpc) is 2.94. The fourth-order valence-electron chi connectivity index (χ4n) is 4.98. The number of aliphatic hydroxyl groups excluding tert-OH is 1. The average molecular weight is 538 g/mol. The van der Waals surface area contributed by atoms with Crippen LogP contribution in [-0.2, 0) is 11.3 Å². The fourth-order valence-corrected chi connectivity index (χ4v) is 7.22. The minimum absolute atomic E-state index is 0. The molecule has 9 N–H and O–H groups in total. The molecule has 0 amide bonds. The van der Waals surface area contributed by atoms with E-state index in [1.54, 1.807) is 6.07 Å². The molecule has 1 aliphatic heterocycles. The Kier molecular flexibility index (Phi) is 11.0. The van der Waals surface area contributed by atoms with Crippen molar-refractivity contribution in [1.82, 2.24) is 16.8 Å². The van der Waals surface area contributed by atoms with Crippen molar-refractivity contribution in [3.8, 4) is 5.75 Å². The summed E-state index contributed by atoms with van der Waals surface area (Å²) in [7, 11) is -1.67. The minimum Gasteiger partial charge on any atom is -0.496 e. The van der Waals surface area contributed by atoms with Crippen LogP contribution < -0.4 is 21.5 Å². The highest BCUT2D eigenvalue weighted by molar-refractivity contribution is 8.24. The van der Waals surface area contributed by atoms with Crippen LogP contribution in [0.4, 0.5) is 0 Å². The van der Waals surface area contributed by atoms with Crippen LogP contribution in [0.3, 0.4) is 0 Å². The largest absolute Gasteiger partial charge is 0.496 e. The van der Waals surface area contributed by atoms with Crippen molar-refractivity contribution < 1.29 is 28.8 Å². The molecule has 0 aromatic heterocycles. The Labute approximate surface area is 221 Å². The number of fused-ring (bicyclic) bond motifs is 1. The van der Waals surface area contributed by atoms with E-state index in [0.29, 0.717) is 16.2 Å². The zero-order valence-electron chi connectivity index (χ0n) is 22.2. The summed E-state index contributed by atoms with van der Waals surface area (Å²) in [5, 5.41) is 26.0. The maximum Gasteiger partial charge on any atom is 0.323 e. The molecule has 0 aliphatic carbocycles. The van der Waals surface area contributed by atoms with E-state index in [4.69, 9.17) is 4.74 Å². The van der Waals surface area contributed by atoms with Gasteiger partial charge in [0.25, 0.3) is 0 Å². The van der Waals surface area contributed by atoms with E-state index in [1.807, 2.05) is 36.4 Å². The third-order valence-corrected chi connectivity index (χ3v) is 9.10. The standard InChI is InChI=1S/C27H40N2O6S.H3N/c1-5-7-13-27(6-2)17-36(33,34)23-14-20(16-28-24(18(3)30)26(31)32)22(35-4)15-21(23)25(29-27)19-11-9-8-10-12-19;/h8-12,14-15,18,24-25,28-30,33-34H,5-7,13,16-17H2,1-4H3,(H,31,32);1H3/t18-,24+,25-,27-;/m1./s1. The van der Waals surface area contributed by atoms with Gasteiger partial charge in [-0.05, 0) is 37.5 Å². The van der Waals surface area contributed by atoms with Gasteiger partial charge in [-0.15, -0.1) is 0 Å². The summed E-state index contributed by atoms with van der Waals surface area (Å²) < 4.78 is 28.8. The van der Waals surface area contributed by atoms with E-state index in [0.717, 1.165) is 36.8 Å². The molecule has 0 fully saturated rings. The number of aliphatic hydroxyl groups is 1. The molecule has 3 rings (SSSR count). The molecule has 0 saturated heterocycles. The summed E-state index contributed by atoms with van der Waals surface area (Å²) in [5.74, 6) is -0.469. The van der Waals surface area contributed by atoms with Crippen molar-refractivity contribution in [3.05, 3.63) is 59.2 Å². The van der Waals surface area contributed by atoms with Gasteiger partial charge in [0, 0.05) is 23.2 Å². The van der Waals surface area contributed by atoms with E-state index in [2.05, 4.69) is 24.5 Å². The highest BCUT2D eigenvalue weighted by Crippen LogP contribution is 2.58. The van der Waals surface area contributed by atoms with Gasteiger partial charge in [0.1, 0.15) is 11.8 Å². The predicted molar refractivity (Wildman–Crippen MR) is 148 cm³/mol. The quantitative estimate of drug-likeness (QED) is 0.210. The molecule has 10 heteroatoms. The van der Waals surface area contributed by atoms with Gasteiger partial charge in [0.05, 0.1) is 29.9 Å². The highest BCUT2D eigenvalue weighted by atomic mass is 32.3. The lowest BCUT2D eigenvalue weighted by Crippen LogP contribution is -2.49. The molecular formula is C27H43N3O6S. The molecule has 2 aromatic rings. The Morgan fingerprint density at radius 1 is 1.24 bits per heavy atom. The van der Waals surface area contributed by atoms with Crippen molar-refractivity contribution in [2.45, 2.75) is 81.6 Å². The number of aliphatic carboxylic acids is 1. The first-order valence-corrected chi connectivity index (χ1v) is 14.2. The number of methoxy groups -OCH3 is 1. The van der Waals surface area contributed by atoms with Gasteiger partial charge in [-0.2, -0.15) is 10.6 Å². The smallest absolute Gasteiger partial charge is 0.323 e. The molecule has 0 bridgehead atoms. The Bertz CT molecular complexity index is 1040. The number of hydrogen-bond acceptors (Lipinski definition) is 8. The van der Waals surface area contributed by atoms with Crippen LogP contribution in [0.25, 0.3) is 0 Å². The van der Waals surface area contributed by atoms with Crippen LogP contribution in [0.15, 0.2) is 47.4 Å². The van der Waals surface area contributed by atoms with Gasteiger partial charge >= 0.3 is 5.97 Å². The second kappa shape index (κ2) is 13.1. The SMILES string of the molecule is CCCC[C@]1(CC)CS(O)(O)c2cc(CN[C@H](C(=O)O)[C@@H](C)O)c(OC)cc2[C@@H](c2ccccc2)N1.N. The first-order valence-electron chi connectivity index (χ1n) is 12.5. The minimum atomic E-state index is -3.20. The molecule has 4 atom stereocenters. The second-order valence-corrected chi connectivity index (χ2v) is 11.7. The van der Waals surface area contributed by atoms with Crippen molar-refractivity contribution in [3.63, 3.8) is 0 Å². The van der Waals surface area contributed by atoms with Crippen molar-refractivity contribution in [2.24, 2.45) is 0 Å². The Balaban J connectivity index is 0.00000481. The number of benzene rings is 2. The Morgan fingerprint density at radius 3 is 2.46 bits per heavy atom. The van der Waals surface area contributed by atoms with Crippen LogP contribution in [0.2, 0.25) is 0 Å². The summed E-state index contributed by atoms with van der Waals surface area (Å²) in [6.07, 6.45) is 2.41. The van der Waals surface area contributed by atoms with Gasteiger partial charge < -0.3 is 21.1 Å². The van der Waals surface area contributed by atoms with E-state index >= 15 is 0 Å². The van der Waals surface area contributed by atoms with Gasteiger partial charge in [-0.1, -0.05) is 57.0 Å². The Hall–Kier alpha value is -2.18. The molecule has 0 unspecified atom stereocenters. The van der Waals surface area contributed by atoms with Gasteiger partial charge in [-0.3, -0.25) is 24.5 Å². The van der Waals surface area contributed by atoms with Crippen LogP contribution in [0, 0.1) is 0 Å². The number of unbranched alkanes of at least 4 members (excludes halogenated alkanes) is 1. The number of hydrogen-bond donors (Lipinski definition) is 7. The number of carboxylic acid groups (broad SMARTS) is 1. The van der Waals surface area contributed by atoms with Crippen LogP contribution in [0.1, 0.15) is 69.2 Å². The lowest BCUT2D eigenvalue weighted by atomic mass is 9.88. The first-order chi connectivity index (χ1) is 17.1.